The van der Waals surface area contributed by atoms with Gasteiger partial charge in [-0.2, -0.15) is 10.4 Å². The molecule has 0 spiro atoms. The molecule has 0 radical (unpaired) electrons. The zero-order chi connectivity index (χ0) is 18.1. The van der Waals surface area contributed by atoms with Crippen molar-refractivity contribution in [3.05, 3.63) is 52.8 Å². The van der Waals surface area contributed by atoms with E-state index in [1.54, 1.807) is 28.9 Å². The van der Waals surface area contributed by atoms with E-state index >= 15 is 0 Å². The highest BCUT2D eigenvalue weighted by Crippen LogP contribution is 2.25. The van der Waals surface area contributed by atoms with Crippen molar-refractivity contribution >= 4 is 22.6 Å². The summed E-state index contributed by atoms with van der Waals surface area (Å²) in [5, 5.41) is 16.9. The van der Waals surface area contributed by atoms with E-state index in [1.807, 2.05) is 33.9 Å². The molecule has 6 heteroatoms. The third-order valence-electron chi connectivity index (χ3n) is 4.10. The fraction of sp³-hybridized carbons (Fsp3) is 0.263. The van der Waals surface area contributed by atoms with Crippen LogP contribution in [0.15, 0.2) is 30.3 Å². The second kappa shape index (κ2) is 6.36. The second-order valence-corrected chi connectivity index (χ2v) is 6.30. The number of nitriles is 1. The third-order valence-corrected chi connectivity index (χ3v) is 4.10. The van der Waals surface area contributed by atoms with Crippen LogP contribution >= 0.6 is 0 Å². The Kier molecular flexibility index (Phi) is 4.24. The first-order chi connectivity index (χ1) is 11.9. The van der Waals surface area contributed by atoms with Crippen LogP contribution in [0.5, 0.6) is 0 Å². The number of hydrogen-bond acceptors (Lipinski definition) is 4. The van der Waals surface area contributed by atoms with E-state index in [2.05, 4.69) is 21.5 Å². The van der Waals surface area contributed by atoms with Gasteiger partial charge in [0.15, 0.2) is 5.65 Å². The molecular formula is C19H19N5O. The summed E-state index contributed by atoms with van der Waals surface area (Å²) in [6.07, 6.45) is 0. The number of benzene rings is 1. The van der Waals surface area contributed by atoms with Gasteiger partial charge >= 0.3 is 0 Å². The van der Waals surface area contributed by atoms with Crippen LogP contribution in [-0.2, 0) is 7.05 Å². The van der Waals surface area contributed by atoms with E-state index in [0.717, 1.165) is 16.8 Å². The summed E-state index contributed by atoms with van der Waals surface area (Å²) in [6, 6.07) is 10.7. The van der Waals surface area contributed by atoms with Crippen molar-refractivity contribution in [1.82, 2.24) is 14.8 Å². The molecule has 0 unspecified atom stereocenters. The maximum absolute atomic E-state index is 12.9. The van der Waals surface area contributed by atoms with Crippen molar-refractivity contribution in [3.63, 3.8) is 0 Å². The quantitative estimate of drug-likeness (QED) is 0.795. The molecule has 0 aliphatic rings. The second-order valence-electron chi connectivity index (χ2n) is 6.30. The zero-order valence-electron chi connectivity index (χ0n) is 14.7. The van der Waals surface area contributed by atoms with Gasteiger partial charge in [-0.3, -0.25) is 9.48 Å². The number of pyridine rings is 1. The van der Waals surface area contributed by atoms with Gasteiger partial charge in [-0.25, -0.2) is 4.98 Å². The molecule has 0 aliphatic heterocycles. The normalized spacial score (nSPS) is 10.9. The minimum Gasteiger partial charge on any atom is -0.322 e. The van der Waals surface area contributed by atoms with Gasteiger partial charge < -0.3 is 5.32 Å². The van der Waals surface area contributed by atoms with Gasteiger partial charge in [0.1, 0.15) is 0 Å². The highest BCUT2D eigenvalue weighted by Gasteiger charge is 2.19. The molecule has 126 valence electrons. The van der Waals surface area contributed by atoms with Crippen molar-refractivity contribution in [2.45, 2.75) is 26.7 Å². The number of rotatable bonds is 3. The predicted octanol–water partition coefficient (Wildman–Crippen LogP) is 3.52. The molecule has 0 saturated heterocycles. The van der Waals surface area contributed by atoms with Crippen LogP contribution in [0.4, 0.5) is 5.69 Å². The number of nitrogens with zero attached hydrogens (tertiary/aromatic N) is 4. The Morgan fingerprint density at radius 3 is 2.56 bits per heavy atom. The summed E-state index contributed by atoms with van der Waals surface area (Å²) in [4.78, 5) is 17.5. The number of carbonyl (C=O) groups excluding carboxylic acids is 1. The molecule has 0 fully saturated rings. The summed E-state index contributed by atoms with van der Waals surface area (Å²) in [7, 11) is 1.83. The number of amides is 1. The average Bonchev–Trinajstić information content (AvgIpc) is 2.89. The third kappa shape index (κ3) is 3.09. The van der Waals surface area contributed by atoms with E-state index in [-0.39, 0.29) is 11.8 Å². The molecular weight excluding hydrogens is 314 g/mol. The lowest BCUT2D eigenvalue weighted by atomic mass is 10.0. The molecule has 1 amide bonds. The minimum absolute atomic E-state index is 0.195. The van der Waals surface area contributed by atoms with Crippen LogP contribution in [0.25, 0.3) is 11.0 Å². The maximum atomic E-state index is 12.9. The summed E-state index contributed by atoms with van der Waals surface area (Å²) in [5.74, 6) is -0.0174. The standard InChI is InChI=1S/C19H19N5O/c1-11(2)16-9-15(17-12(3)23-24(4)18(17)22-16)19(25)21-14-7-5-13(10-20)6-8-14/h5-9,11H,1-4H3,(H,21,25). The molecule has 3 rings (SSSR count). The van der Waals surface area contributed by atoms with Crippen LogP contribution < -0.4 is 5.32 Å². The number of aromatic nitrogens is 3. The van der Waals surface area contributed by atoms with E-state index in [1.165, 1.54) is 0 Å². The van der Waals surface area contributed by atoms with Crippen LogP contribution in [0, 0.1) is 18.3 Å². The molecule has 2 aromatic heterocycles. The summed E-state index contributed by atoms with van der Waals surface area (Å²) >= 11 is 0. The van der Waals surface area contributed by atoms with Gasteiger partial charge in [-0.1, -0.05) is 13.8 Å². The first-order valence-corrected chi connectivity index (χ1v) is 8.06. The lowest BCUT2D eigenvalue weighted by Gasteiger charge is -2.11. The number of hydrogen-bond donors (Lipinski definition) is 1. The Balaban J connectivity index is 2.06. The summed E-state index contributed by atoms with van der Waals surface area (Å²) in [5.41, 5.74) is 4.07. The summed E-state index contributed by atoms with van der Waals surface area (Å²) in [6.45, 7) is 5.96. The monoisotopic (exact) mass is 333 g/mol. The molecule has 2 heterocycles. The molecule has 0 atom stereocenters. The predicted molar refractivity (Wildman–Crippen MR) is 96.4 cm³/mol. The van der Waals surface area contributed by atoms with Gasteiger partial charge in [-0.05, 0) is 43.2 Å². The highest BCUT2D eigenvalue weighted by molar-refractivity contribution is 6.12. The van der Waals surface area contributed by atoms with Gasteiger partial charge in [0.2, 0.25) is 0 Å². The molecule has 0 aliphatic carbocycles. The number of anilines is 1. The van der Waals surface area contributed by atoms with Crippen molar-refractivity contribution in [1.29, 1.82) is 5.26 Å². The van der Waals surface area contributed by atoms with Crippen LogP contribution in [0.1, 0.15) is 47.1 Å². The fourth-order valence-corrected chi connectivity index (χ4v) is 2.77. The number of aryl methyl sites for hydroxylation is 2. The Bertz CT molecular complexity index is 993. The Morgan fingerprint density at radius 1 is 1.28 bits per heavy atom. The van der Waals surface area contributed by atoms with E-state index < -0.39 is 0 Å². The molecule has 3 aromatic rings. The van der Waals surface area contributed by atoms with Gasteiger partial charge in [0, 0.05) is 18.4 Å². The minimum atomic E-state index is -0.213. The molecule has 0 bridgehead atoms. The Labute approximate surface area is 146 Å². The van der Waals surface area contributed by atoms with Gasteiger partial charge in [-0.15, -0.1) is 0 Å². The zero-order valence-corrected chi connectivity index (χ0v) is 14.7. The first-order valence-electron chi connectivity index (χ1n) is 8.06. The lowest BCUT2D eigenvalue weighted by Crippen LogP contribution is -2.14. The highest BCUT2D eigenvalue weighted by atomic mass is 16.1. The van der Waals surface area contributed by atoms with Gasteiger partial charge in [0.05, 0.1) is 28.3 Å². The molecule has 0 saturated carbocycles. The largest absolute Gasteiger partial charge is 0.322 e. The van der Waals surface area contributed by atoms with E-state index in [4.69, 9.17) is 5.26 Å². The SMILES string of the molecule is Cc1nn(C)c2nc(C(C)C)cc(C(=O)Nc3ccc(C#N)cc3)c12. The van der Waals surface area contributed by atoms with Crippen LogP contribution in [-0.4, -0.2) is 20.7 Å². The molecule has 25 heavy (non-hydrogen) atoms. The average molecular weight is 333 g/mol. The van der Waals surface area contributed by atoms with Crippen molar-refractivity contribution in [3.8, 4) is 6.07 Å². The first kappa shape index (κ1) is 16.7. The van der Waals surface area contributed by atoms with Crippen molar-refractivity contribution in [2.75, 3.05) is 5.32 Å². The van der Waals surface area contributed by atoms with Crippen LogP contribution in [0.3, 0.4) is 0 Å². The number of nitrogens with one attached hydrogen (secondary N) is 1. The smallest absolute Gasteiger partial charge is 0.256 e. The van der Waals surface area contributed by atoms with Crippen LogP contribution in [0.2, 0.25) is 0 Å². The molecule has 1 aromatic carbocycles. The summed E-state index contributed by atoms with van der Waals surface area (Å²) < 4.78 is 1.70. The molecule has 1 N–H and O–H groups in total. The van der Waals surface area contributed by atoms with E-state index in [0.29, 0.717) is 22.5 Å². The van der Waals surface area contributed by atoms with E-state index in [9.17, 15) is 4.79 Å². The Morgan fingerprint density at radius 2 is 1.96 bits per heavy atom. The topological polar surface area (TPSA) is 83.6 Å². The van der Waals surface area contributed by atoms with Gasteiger partial charge in [0.25, 0.3) is 5.91 Å². The fourth-order valence-electron chi connectivity index (χ4n) is 2.77. The number of carbonyl (C=O) groups is 1. The maximum Gasteiger partial charge on any atom is 0.256 e. The Hall–Kier alpha value is -3.20. The number of fused-ring (bicyclic) bond motifs is 1. The lowest BCUT2D eigenvalue weighted by molar-refractivity contribution is 0.102. The van der Waals surface area contributed by atoms with Crippen molar-refractivity contribution in [2.24, 2.45) is 7.05 Å². The van der Waals surface area contributed by atoms with Crippen molar-refractivity contribution < 1.29 is 4.79 Å². The molecule has 6 nitrogen and oxygen atoms in total.